The van der Waals surface area contributed by atoms with Crippen LogP contribution < -0.4 is 0 Å². The SMILES string of the molecule is COC(=O)c1c(F)cc(SC)cc1F. The van der Waals surface area contributed by atoms with Crippen molar-refractivity contribution in [3.63, 3.8) is 0 Å². The maximum absolute atomic E-state index is 13.2. The fraction of sp³-hybridized carbons (Fsp3) is 0.222. The molecule has 0 aliphatic rings. The van der Waals surface area contributed by atoms with Crippen molar-refractivity contribution < 1.29 is 18.3 Å². The topological polar surface area (TPSA) is 26.3 Å². The number of methoxy groups -OCH3 is 1. The van der Waals surface area contributed by atoms with Gasteiger partial charge in [0.2, 0.25) is 0 Å². The number of hydrogen-bond acceptors (Lipinski definition) is 3. The van der Waals surface area contributed by atoms with Gasteiger partial charge in [-0.15, -0.1) is 11.8 Å². The van der Waals surface area contributed by atoms with Crippen molar-refractivity contribution in [1.29, 1.82) is 0 Å². The summed E-state index contributed by atoms with van der Waals surface area (Å²) in [5, 5.41) is 0. The molecule has 76 valence electrons. The van der Waals surface area contributed by atoms with Crippen LogP contribution in [0.15, 0.2) is 17.0 Å². The summed E-state index contributed by atoms with van der Waals surface area (Å²) >= 11 is 1.19. The molecule has 0 unspecified atom stereocenters. The quantitative estimate of drug-likeness (QED) is 0.563. The maximum atomic E-state index is 13.2. The predicted molar refractivity (Wildman–Crippen MR) is 49.5 cm³/mol. The molecule has 0 amide bonds. The molecule has 0 N–H and O–H groups in total. The van der Waals surface area contributed by atoms with Crippen LogP contribution >= 0.6 is 11.8 Å². The average molecular weight is 218 g/mol. The number of halogens is 2. The lowest BCUT2D eigenvalue weighted by atomic mass is 10.2. The van der Waals surface area contributed by atoms with Gasteiger partial charge in [-0.05, 0) is 18.4 Å². The van der Waals surface area contributed by atoms with Crippen molar-refractivity contribution in [3.8, 4) is 0 Å². The number of thioether (sulfide) groups is 1. The molecule has 0 bridgehead atoms. The lowest BCUT2D eigenvalue weighted by Gasteiger charge is -2.04. The minimum absolute atomic E-state index is 0.424. The Morgan fingerprint density at radius 3 is 2.21 bits per heavy atom. The standard InChI is InChI=1S/C9H8F2O2S/c1-13-9(12)8-6(10)3-5(14-2)4-7(8)11/h3-4H,1-2H3. The van der Waals surface area contributed by atoms with Crippen molar-refractivity contribution in [2.45, 2.75) is 4.90 Å². The molecule has 1 rings (SSSR count). The number of hydrogen-bond donors (Lipinski definition) is 0. The highest BCUT2D eigenvalue weighted by atomic mass is 32.2. The third kappa shape index (κ3) is 2.04. The lowest BCUT2D eigenvalue weighted by molar-refractivity contribution is 0.0589. The van der Waals surface area contributed by atoms with Crippen LogP contribution in [0.2, 0.25) is 0 Å². The molecular weight excluding hydrogens is 210 g/mol. The average Bonchev–Trinajstić information content (AvgIpc) is 2.16. The largest absolute Gasteiger partial charge is 0.465 e. The Labute approximate surface area is 84.3 Å². The number of carbonyl (C=O) groups excluding carboxylic acids is 1. The summed E-state index contributed by atoms with van der Waals surface area (Å²) in [6.07, 6.45) is 1.69. The minimum Gasteiger partial charge on any atom is -0.465 e. The van der Waals surface area contributed by atoms with E-state index in [0.29, 0.717) is 4.90 Å². The normalized spacial score (nSPS) is 10.0. The van der Waals surface area contributed by atoms with Crippen molar-refractivity contribution in [2.24, 2.45) is 0 Å². The molecule has 2 nitrogen and oxygen atoms in total. The molecule has 0 heterocycles. The zero-order valence-corrected chi connectivity index (χ0v) is 8.45. The lowest BCUT2D eigenvalue weighted by Crippen LogP contribution is -2.07. The summed E-state index contributed by atoms with van der Waals surface area (Å²) in [4.78, 5) is 11.4. The van der Waals surface area contributed by atoms with Crippen LogP contribution in [0.5, 0.6) is 0 Å². The second-order valence-corrected chi connectivity index (χ2v) is 3.34. The maximum Gasteiger partial charge on any atom is 0.343 e. The number of benzene rings is 1. The van der Waals surface area contributed by atoms with Gasteiger partial charge >= 0.3 is 5.97 Å². The van der Waals surface area contributed by atoms with Gasteiger partial charge in [-0.25, -0.2) is 13.6 Å². The van der Waals surface area contributed by atoms with Crippen LogP contribution in [0.1, 0.15) is 10.4 Å². The van der Waals surface area contributed by atoms with E-state index in [2.05, 4.69) is 4.74 Å². The molecular formula is C9H8F2O2S. The Bertz CT molecular complexity index is 343. The molecule has 0 radical (unpaired) electrons. The van der Waals surface area contributed by atoms with Gasteiger partial charge in [-0.1, -0.05) is 0 Å². The molecule has 0 aliphatic carbocycles. The second kappa shape index (κ2) is 4.41. The smallest absolute Gasteiger partial charge is 0.343 e. The van der Waals surface area contributed by atoms with Crippen LogP contribution in [0.4, 0.5) is 8.78 Å². The van der Waals surface area contributed by atoms with Gasteiger partial charge in [0, 0.05) is 4.90 Å². The van der Waals surface area contributed by atoms with Gasteiger partial charge < -0.3 is 4.74 Å². The van der Waals surface area contributed by atoms with E-state index < -0.39 is 23.2 Å². The Balaban J connectivity index is 3.25. The molecule has 0 aromatic heterocycles. The van der Waals surface area contributed by atoms with E-state index in [-0.39, 0.29) is 0 Å². The van der Waals surface area contributed by atoms with Crippen molar-refractivity contribution in [2.75, 3.05) is 13.4 Å². The molecule has 0 atom stereocenters. The molecule has 5 heteroatoms. The van der Waals surface area contributed by atoms with Crippen LogP contribution in [-0.4, -0.2) is 19.3 Å². The zero-order valence-electron chi connectivity index (χ0n) is 7.64. The van der Waals surface area contributed by atoms with Gasteiger partial charge in [0.1, 0.15) is 17.2 Å². The van der Waals surface area contributed by atoms with Gasteiger partial charge in [-0.2, -0.15) is 0 Å². The Morgan fingerprint density at radius 2 is 1.86 bits per heavy atom. The summed E-state index contributed by atoms with van der Waals surface area (Å²) in [6, 6.07) is 2.19. The van der Waals surface area contributed by atoms with E-state index in [1.165, 1.54) is 11.8 Å². The fourth-order valence-corrected chi connectivity index (χ4v) is 1.41. The Kier molecular flexibility index (Phi) is 3.46. The highest BCUT2D eigenvalue weighted by Crippen LogP contribution is 2.22. The summed E-state index contributed by atoms with van der Waals surface area (Å²) in [7, 11) is 1.07. The highest BCUT2D eigenvalue weighted by Gasteiger charge is 2.18. The van der Waals surface area contributed by atoms with Crippen LogP contribution in [0.25, 0.3) is 0 Å². The molecule has 14 heavy (non-hydrogen) atoms. The molecule has 0 fully saturated rings. The number of rotatable bonds is 2. The summed E-state index contributed by atoms with van der Waals surface area (Å²) in [5.74, 6) is -2.81. The summed E-state index contributed by atoms with van der Waals surface area (Å²) < 4.78 is 30.6. The second-order valence-electron chi connectivity index (χ2n) is 2.46. The monoisotopic (exact) mass is 218 g/mol. The number of carbonyl (C=O) groups is 1. The Morgan fingerprint density at radius 1 is 1.36 bits per heavy atom. The number of ether oxygens (including phenoxy) is 1. The van der Waals surface area contributed by atoms with Crippen molar-refractivity contribution in [3.05, 3.63) is 29.3 Å². The van der Waals surface area contributed by atoms with E-state index in [4.69, 9.17) is 0 Å². The molecule has 0 saturated heterocycles. The molecule has 1 aromatic carbocycles. The Hall–Kier alpha value is -1.10. The summed E-state index contributed by atoms with van der Waals surface area (Å²) in [6.45, 7) is 0. The first kappa shape index (κ1) is 11.0. The van der Waals surface area contributed by atoms with E-state index in [1.807, 2.05) is 0 Å². The molecule has 0 aliphatic heterocycles. The molecule has 0 spiro atoms. The third-order valence-corrected chi connectivity index (χ3v) is 2.35. The molecule has 0 saturated carbocycles. The highest BCUT2D eigenvalue weighted by molar-refractivity contribution is 7.98. The van der Waals surface area contributed by atoms with Crippen LogP contribution in [0.3, 0.4) is 0 Å². The first-order valence-electron chi connectivity index (χ1n) is 3.71. The fourth-order valence-electron chi connectivity index (χ4n) is 0.965. The van der Waals surface area contributed by atoms with E-state index in [1.54, 1.807) is 6.26 Å². The van der Waals surface area contributed by atoms with Crippen LogP contribution in [0, 0.1) is 11.6 Å². The van der Waals surface area contributed by atoms with Crippen molar-refractivity contribution in [1.82, 2.24) is 0 Å². The first-order valence-corrected chi connectivity index (χ1v) is 4.94. The number of esters is 1. The van der Waals surface area contributed by atoms with Crippen molar-refractivity contribution >= 4 is 17.7 Å². The van der Waals surface area contributed by atoms with E-state index >= 15 is 0 Å². The van der Waals surface area contributed by atoms with Gasteiger partial charge in [0.05, 0.1) is 7.11 Å². The summed E-state index contributed by atoms with van der Waals surface area (Å²) in [5.41, 5.74) is -0.648. The zero-order chi connectivity index (χ0) is 10.7. The van der Waals surface area contributed by atoms with E-state index in [9.17, 15) is 13.6 Å². The van der Waals surface area contributed by atoms with E-state index in [0.717, 1.165) is 19.2 Å². The van der Waals surface area contributed by atoms with Gasteiger partial charge in [0.25, 0.3) is 0 Å². The molecule has 1 aromatic rings. The first-order chi connectivity index (χ1) is 6.60. The third-order valence-electron chi connectivity index (χ3n) is 1.64. The minimum atomic E-state index is -1.01. The van der Waals surface area contributed by atoms with Gasteiger partial charge in [-0.3, -0.25) is 0 Å². The predicted octanol–water partition coefficient (Wildman–Crippen LogP) is 2.47. The van der Waals surface area contributed by atoms with Gasteiger partial charge in [0.15, 0.2) is 0 Å². The van der Waals surface area contributed by atoms with Crippen LogP contribution in [-0.2, 0) is 4.74 Å².